The highest BCUT2D eigenvalue weighted by Gasteiger charge is 2.14. The summed E-state index contributed by atoms with van der Waals surface area (Å²) in [5.41, 5.74) is 2.38. The van der Waals surface area contributed by atoms with Crippen molar-refractivity contribution in [1.82, 2.24) is 4.98 Å². The van der Waals surface area contributed by atoms with Gasteiger partial charge in [0, 0.05) is 22.5 Å². The number of anilines is 1. The number of ether oxygens (including phenoxy) is 2. The van der Waals surface area contributed by atoms with Crippen LogP contribution in [0.3, 0.4) is 0 Å². The molecule has 140 valence electrons. The Labute approximate surface area is 171 Å². The Kier molecular flexibility index (Phi) is 4.58. The van der Waals surface area contributed by atoms with Gasteiger partial charge >= 0.3 is 0 Å². The summed E-state index contributed by atoms with van der Waals surface area (Å²) in [4.78, 5) is 7.10. The van der Waals surface area contributed by atoms with Gasteiger partial charge in [-0.1, -0.05) is 18.2 Å². The Balaban J connectivity index is 1.42. The molecule has 0 saturated carbocycles. The van der Waals surface area contributed by atoms with Crippen molar-refractivity contribution in [2.75, 3.05) is 18.4 Å². The second kappa shape index (κ2) is 7.37. The number of nitrogens with one attached hydrogen (secondary N) is 1. The Morgan fingerprint density at radius 1 is 1.07 bits per heavy atom. The minimum absolute atomic E-state index is 0.294. The molecular formula is C22H18N2O2S2. The molecule has 4 nitrogen and oxygen atoms in total. The van der Waals surface area contributed by atoms with Gasteiger partial charge in [0.1, 0.15) is 5.82 Å². The van der Waals surface area contributed by atoms with E-state index >= 15 is 0 Å². The number of benzene rings is 2. The molecule has 0 fully saturated rings. The fraction of sp³-hybridized carbons (Fsp3) is 0.136. The lowest BCUT2D eigenvalue weighted by Gasteiger charge is -2.07. The zero-order valence-corrected chi connectivity index (χ0v) is 16.9. The van der Waals surface area contributed by atoms with Gasteiger partial charge in [0.05, 0.1) is 4.70 Å². The van der Waals surface area contributed by atoms with Crippen molar-refractivity contribution in [2.24, 2.45) is 0 Å². The van der Waals surface area contributed by atoms with Gasteiger partial charge in [-0.3, -0.25) is 0 Å². The minimum atomic E-state index is 0.294. The molecule has 2 aromatic heterocycles. The van der Waals surface area contributed by atoms with E-state index in [2.05, 4.69) is 59.0 Å². The number of pyridine rings is 1. The molecule has 0 atom stereocenters. The zero-order chi connectivity index (χ0) is 18.9. The molecule has 1 aliphatic heterocycles. The molecule has 4 aromatic rings. The third-order valence-corrected chi connectivity index (χ3v) is 6.62. The number of nitrogens with zero attached hydrogens (tertiary/aromatic N) is 1. The van der Waals surface area contributed by atoms with E-state index in [0.717, 1.165) is 22.9 Å². The number of rotatable bonds is 5. The maximum atomic E-state index is 5.47. The molecule has 0 saturated heterocycles. The maximum absolute atomic E-state index is 5.47. The lowest BCUT2D eigenvalue weighted by Crippen LogP contribution is -2.01. The van der Waals surface area contributed by atoms with Crippen LogP contribution in [0.25, 0.3) is 20.5 Å². The first-order valence-corrected chi connectivity index (χ1v) is 11.0. The minimum Gasteiger partial charge on any atom is -0.454 e. The molecule has 0 spiro atoms. The third-order valence-electron chi connectivity index (χ3n) is 4.68. The van der Waals surface area contributed by atoms with Crippen LogP contribution in [0.2, 0.25) is 0 Å². The van der Waals surface area contributed by atoms with Crippen LogP contribution in [0, 0.1) is 0 Å². The Morgan fingerprint density at radius 2 is 2.00 bits per heavy atom. The van der Waals surface area contributed by atoms with Gasteiger partial charge in [-0.15, -0.1) is 23.1 Å². The predicted molar refractivity (Wildman–Crippen MR) is 117 cm³/mol. The van der Waals surface area contributed by atoms with Crippen molar-refractivity contribution in [1.29, 1.82) is 0 Å². The SMILES string of the molecule is CSc1cccc(-c2cc3ccnc(NCc4ccc5c(c4)OCO5)c3s2)c1. The van der Waals surface area contributed by atoms with Gasteiger partial charge in [0.2, 0.25) is 6.79 Å². The van der Waals surface area contributed by atoms with Crippen LogP contribution in [0.1, 0.15) is 5.56 Å². The molecule has 0 radical (unpaired) electrons. The third kappa shape index (κ3) is 3.30. The van der Waals surface area contributed by atoms with Crippen molar-refractivity contribution >= 4 is 39.0 Å². The summed E-state index contributed by atoms with van der Waals surface area (Å²) in [6, 6.07) is 19.0. The van der Waals surface area contributed by atoms with Crippen LogP contribution in [0.15, 0.2) is 65.7 Å². The molecule has 6 heteroatoms. The molecule has 0 amide bonds. The topological polar surface area (TPSA) is 43.4 Å². The van der Waals surface area contributed by atoms with E-state index in [0.29, 0.717) is 13.3 Å². The van der Waals surface area contributed by atoms with Crippen LogP contribution in [-0.2, 0) is 6.54 Å². The molecule has 0 aliphatic carbocycles. The summed E-state index contributed by atoms with van der Waals surface area (Å²) in [5.74, 6) is 2.52. The first-order valence-electron chi connectivity index (χ1n) is 8.95. The van der Waals surface area contributed by atoms with E-state index in [1.54, 1.807) is 23.1 Å². The molecule has 1 N–H and O–H groups in total. The molecule has 0 unspecified atom stereocenters. The number of thioether (sulfide) groups is 1. The lowest BCUT2D eigenvalue weighted by molar-refractivity contribution is 0.174. The van der Waals surface area contributed by atoms with Crippen molar-refractivity contribution in [3.8, 4) is 21.9 Å². The molecule has 5 rings (SSSR count). The van der Waals surface area contributed by atoms with E-state index in [-0.39, 0.29) is 0 Å². The van der Waals surface area contributed by atoms with Crippen LogP contribution >= 0.6 is 23.1 Å². The number of hydrogen-bond acceptors (Lipinski definition) is 6. The molecule has 28 heavy (non-hydrogen) atoms. The van der Waals surface area contributed by atoms with E-state index in [1.165, 1.54) is 25.4 Å². The van der Waals surface area contributed by atoms with Crippen LogP contribution in [-0.4, -0.2) is 18.0 Å². The molecular weight excluding hydrogens is 388 g/mol. The van der Waals surface area contributed by atoms with Crippen molar-refractivity contribution in [3.63, 3.8) is 0 Å². The van der Waals surface area contributed by atoms with Gasteiger partial charge in [0.25, 0.3) is 0 Å². The summed E-state index contributed by atoms with van der Waals surface area (Å²) in [5, 5.41) is 4.69. The molecule has 3 heterocycles. The fourth-order valence-corrected chi connectivity index (χ4v) is 4.82. The Bertz CT molecular complexity index is 1160. The average molecular weight is 407 g/mol. The van der Waals surface area contributed by atoms with E-state index in [4.69, 9.17) is 9.47 Å². The van der Waals surface area contributed by atoms with E-state index in [9.17, 15) is 0 Å². The first-order chi connectivity index (χ1) is 13.8. The number of aromatic nitrogens is 1. The van der Waals surface area contributed by atoms with Crippen LogP contribution in [0.4, 0.5) is 5.82 Å². The predicted octanol–water partition coefficient (Wildman–Crippen LogP) is 6.03. The van der Waals surface area contributed by atoms with Gasteiger partial charge in [-0.25, -0.2) is 4.98 Å². The van der Waals surface area contributed by atoms with E-state index in [1.807, 2.05) is 18.3 Å². The summed E-state index contributed by atoms with van der Waals surface area (Å²) in [6.45, 7) is 0.973. The summed E-state index contributed by atoms with van der Waals surface area (Å²) >= 11 is 3.54. The van der Waals surface area contributed by atoms with Crippen LogP contribution in [0.5, 0.6) is 11.5 Å². The van der Waals surface area contributed by atoms with Gasteiger partial charge < -0.3 is 14.8 Å². The quantitative estimate of drug-likeness (QED) is 0.410. The highest BCUT2D eigenvalue weighted by molar-refractivity contribution is 7.98. The maximum Gasteiger partial charge on any atom is 0.231 e. The van der Waals surface area contributed by atoms with Gasteiger partial charge in [0.15, 0.2) is 11.5 Å². The van der Waals surface area contributed by atoms with Crippen molar-refractivity contribution < 1.29 is 9.47 Å². The number of hydrogen-bond donors (Lipinski definition) is 1. The normalized spacial score (nSPS) is 12.5. The fourth-order valence-electron chi connectivity index (χ4n) is 3.25. The molecule has 1 aliphatic rings. The van der Waals surface area contributed by atoms with Gasteiger partial charge in [-0.05, 0) is 59.2 Å². The van der Waals surface area contributed by atoms with Crippen molar-refractivity contribution in [3.05, 3.63) is 66.4 Å². The first kappa shape index (κ1) is 17.4. The largest absolute Gasteiger partial charge is 0.454 e. The monoisotopic (exact) mass is 406 g/mol. The second-order valence-corrected chi connectivity index (χ2v) is 8.39. The Hall–Kier alpha value is -2.70. The van der Waals surface area contributed by atoms with Gasteiger partial charge in [-0.2, -0.15) is 0 Å². The summed E-state index contributed by atoms with van der Waals surface area (Å²) in [7, 11) is 0. The van der Waals surface area contributed by atoms with Crippen LogP contribution < -0.4 is 14.8 Å². The summed E-state index contributed by atoms with van der Waals surface area (Å²) < 4.78 is 12.0. The molecule has 0 bridgehead atoms. The number of thiophene rings is 1. The van der Waals surface area contributed by atoms with Crippen molar-refractivity contribution in [2.45, 2.75) is 11.4 Å². The zero-order valence-electron chi connectivity index (χ0n) is 15.3. The van der Waals surface area contributed by atoms with E-state index < -0.39 is 0 Å². The standard InChI is InChI=1S/C22H18N2O2S2/c1-27-17-4-2-3-15(10-17)20-11-16-7-8-23-22(21(16)28-20)24-12-14-5-6-18-19(9-14)26-13-25-18/h2-11H,12-13H2,1H3,(H,23,24). The highest BCUT2D eigenvalue weighted by Crippen LogP contribution is 2.38. The Morgan fingerprint density at radius 3 is 2.93 bits per heavy atom. The second-order valence-electron chi connectivity index (χ2n) is 6.46. The molecule has 2 aromatic carbocycles. The lowest BCUT2D eigenvalue weighted by atomic mass is 10.1. The highest BCUT2D eigenvalue weighted by atomic mass is 32.2. The summed E-state index contributed by atoms with van der Waals surface area (Å²) in [6.07, 6.45) is 3.96. The number of fused-ring (bicyclic) bond motifs is 2. The average Bonchev–Trinajstić information content (AvgIpc) is 3.39. The smallest absolute Gasteiger partial charge is 0.231 e.